The van der Waals surface area contributed by atoms with Crippen molar-refractivity contribution in [1.29, 1.82) is 0 Å². The molecule has 1 saturated carbocycles. The first-order valence-electron chi connectivity index (χ1n) is 7.76. The third kappa shape index (κ3) is 2.08. The molecular weight excluding hydrogens is 300 g/mol. The molecule has 1 saturated heterocycles. The van der Waals surface area contributed by atoms with Gasteiger partial charge >= 0.3 is 0 Å². The number of fused-ring (bicyclic) bond motifs is 1. The van der Waals surface area contributed by atoms with E-state index in [2.05, 4.69) is 5.32 Å². The summed E-state index contributed by atoms with van der Waals surface area (Å²) in [6.07, 6.45) is 1.96. The van der Waals surface area contributed by atoms with Crippen molar-refractivity contribution in [3.8, 4) is 0 Å². The Hall–Kier alpha value is -1.10. The second-order valence-corrected chi connectivity index (χ2v) is 7.48. The van der Waals surface area contributed by atoms with Gasteiger partial charge in [0.05, 0.1) is 6.10 Å². The van der Waals surface area contributed by atoms with E-state index in [0.29, 0.717) is 5.02 Å². The number of hydrogen-bond donors (Lipinski definition) is 2. The SMILES string of the molecule is Cc1ccc(Cl)cc1NC(=O)C1(N)C2CCCOC2C1(C)C. The molecule has 1 aromatic carbocycles. The normalized spacial score (nSPS) is 32.8. The summed E-state index contributed by atoms with van der Waals surface area (Å²) in [5.41, 5.74) is 6.99. The summed E-state index contributed by atoms with van der Waals surface area (Å²) in [6, 6.07) is 5.46. The number of aryl methyl sites for hydroxylation is 1. The minimum absolute atomic E-state index is 0.0671. The van der Waals surface area contributed by atoms with Crippen molar-refractivity contribution in [2.24, 2.45) is 17.1 Å². The summed E-state index contributed by atoms with van der Waals surface area (Å²) in [4.78, 5) is 12.9. The lowest BCUT2D eigenvalue weighted by Crippen LogP contribution is -2.81. The molecule has 3 atom stereocenters. The van der Waals surface area contributed by atoms with Crippen LogP contribution in [0.1, 0.15) is 32.3 Å². The zero-order valence-corrected chi connectivity index (χ0v) is 14.0. The van der Waals surface area contributed by atoms with E-state index < -0.39 is 5.54 Å². The highest BCUT2D eigenvalue weighted by Gasteiger charge is 2.70. The highest BCUT2D eigenvalue weighted by atomic mass is 35.5. The second kappa shape index (κ2) is 5.22. The molecule has 1 aliphatic heterocycles. The van der Waals surface area contributed by atoms with E-state index in [9.17, 15) is 4.79 Å². The van der Waals surface area contributed by atoms with E-state index in [4.69, 9.17) is 22.1 Å². The molecular formula is C17H23ClN2O2. The van der Waals surface area contributed by atoms with Crippen molar-refractivity contribution in [3.05, 3.63) is 28.8 Å². The molecule has 22 heavy (non-hydrogen) atoms. The van der Waals surface area contributed by atoms with Crippen molar-refractivity contribution < 1.29 is 9.53 Å². The van der Waals surface area contributed by atoms with Crippen LogP contribution in [-0.2, 0) is 9.53 Å². The van der Waals surface area contributed by atoms with E-state index >= 15 is 0 Å². The fourth-order valence-corrected chi connectivity index (χ4v) is 4.16. The monoisotopic (exact) mass is 322 g/mol. The van der Waals surface area contributed by atoms with Crippen LogP contribution in [0.4, 0.5) is 5.69 Å². The van der Waals surface area contributed by atoms with Gasteiger partial charge in [0.2, 0.25) is 5.91 Å². The van der Waals surface area contributed by atoms with Gasteiger partial charge in [-0.1, -0.05) is 31.5 Å². The summed E-state index contributed by atoms with van der Waals surface area (Å²) in [5, 5.41) is 3.57. The zero-order chi connectivity index (χ0) is 16.1. The molecule has 3 N–H and O–H groups in total. The van der Waals surface area contributed by atoms with E-state index in [-0.39, 0.29) is 23.3 Å². The van der Waals surface area contributed by atoms with Gasteiger partial charge in [0.25, 0.3) is 0 Å². The minimum Gasteiger partial charge on any atom is -0.377 e. The average molecular weight is 323 g/mol. The molecule has 4 nitrogen and oxygen atoms in total. The zero-order valence-electron chi connectivity index (χ0n) is 13.3. The van der Waals surface area contributed by atoms with Crippen LogP contribution in [0, 0.1) is 18.3 Å². The summed E-state index contributed by atoms with van der Waals surface area (Å²) >= 11 is 6.03. The standard InChI is InChI=1S/C17H23ClN2O2/c1-10-6-7-11(18)9-13(10)20-15(21)17(19)12-5-4-8-22-14(12)16(17,2)3/h6-7,9,12,14H,4-5,8,19H2,1-3H3,(H,20,21). The van der Waals surface area contributed by atoms with Crippen LogP contribution < -0.4 is 11.1 Å². The number of ether oxygens (including phenoxy) is 1. The minimum atomic E-state index is -0.910. The highest BCUT2D eigenvalue weighted by molar-refractivity contribution is 6.31. The van der Waals surface area contributed by atoms with Gasteiger partial charge in [-0.15, -0.1) is 0 Å². The van der Waals surface area contributed by atoms with Gasteiger partial charge in [-0.25, -0.2) is 0 Å². The molecule has 2 aliphatic rings. The van der Waals surface area contributed by atoms with Gasteiger partial charge in [0, 0.05) is 28.6 Å². The molecule has 3 unspecified atom stereocenters. The van der Waals surface area contributed by atoms with Crippen LogP contribution in [0.3, 0.4) is 0 Å². The van der Waals surface area contributed by atoms with E-state index in [1.165, 1.54) is 0 Å². The molecule has 0 spiro atoms. The van der Waals surface area contributed by atoms with Crippen LogP contribution in [0.2, 0.25) is 5.02 Å². The van der Waals surface area contributed by atoms with Crippen molar-refractivity contribution in [1.82, 2.24) is 0 Å². The van der Waals surface area contributed by atoms with Crippen LogP contribution in [0.15, 0.2) is 18.2 Å². The lowest BCUT2D eigenvalue weighted by Gasteiger charge is -2.65. The lowest BCUT2D eigenvalue weighted by molar-refractivity contribution is -0.222. The van der Waals surface area contributed by atoms with Crippen LogP contribution in [0.25, 0.3) is 0 Å². The summed E-state index contributed by atoms with van der Waals surface area (Å²) in [5.74, 6) is -0.0645. The van der Waals surface area contributed by atoms with E-state index in [1.807, 2.05) is 32.9 Å². The molecule has 1 amide bonds. The van der Waals surface area contributed by atoms with Gasteiger partial charge in [-0.3, -0.25) is 4.79 Å². The van der Waals surface area contributed by atoms with E-state index in [1.54, 1.807) is 6.07 Å². The first-order chi connectivity index (χ1) is 10.3. The summed E-state index contributed by atoms with van der Waals surface area (Å²) < 4.78 is 5.85. The van der Waals surface area contributed by atoms with Gasteiger partial charge in [0.1, 0.15) is 5.54 Å². The molecule has 120 valence electrons. The maximum atomic E-state index is 12.9. The third-order valence-electron chi connectivity index (χ3n) is 5.51. The smallest absolute Gasteiger partial charge is 0.245 e. The fraction of sp³-hybridized carbons (Fsp3) is 0.588. The molecule has 1 aromatic rings. The lowest BCUT2D eigenvalue weighted by atomic mass is 9.46. The Morgan fingerprint density at radius 2 is 2.18 bits per heavy atom. The predicted octanol–water partition coefficient (Wildman–Crippen LogP) is 3.12. The Kier molecular flexibility index (Phi) is 3.75. The number of rotatable bonds is 2. The third-order valence-corrected chi connectivity index (χ3v) is 5.74. The van der Waals surface area contributed by atoms with Crippen LogP contribution in [-0.4, -0.2) is 24.2 Å². The van der Waals surface area contributed by atoms with Crippen LogP contribution in [0.5, 0.6) is 0 Å². The number of carbonyl (C=O) groups is 1. The van der Waals surface area contributed by atoms with Crippen LogP contribution >= 0.6 is 11.6 Å². The number of carbonyl (C=O) groups excluding carboxylic acids is 1. The number of nitrogens with two attached hydrogens (primary N) is 1. The Morgan fingerprint density at radius 3 is 2.91 bits per heavy atom. The van der Waals surface area contributed by atoms with Crippen molar-refractivity contribution in [3.63, 3.8) is 0 Å². The maximum Gasteiger partial charge on any atom is 0.245 e. The molecule has 0 bridgehead atoms. The van der Waals surface area contributed by atoms with Gasteiger partial charge in [-0.05, 0) is 37.5 Å². The van der Waals surface area contributed by atoms with Gasteiger partial charge in [-0.2, -0.15) is 0 Å². The molecule has 5 heteroatoms. The average Bonchev–Trinajstić information content (AvgIpc) is 2.50. The number of benzene rings is 1. The Bertz CT molecular complexity index is 617. The first kappa shape index (κ1) is 15.8. The predicted molar refractivity (Wildman–Crippen MR) is 88.0 cm³/mol. The molecule has 1 aliphatic carbocycles. The maximum absolute atomic E-state index is 12.9. The van der Waals surface area contributed by atoms with Crippen molar-refractivity contribution >= 4 is 23.2 Å². The summed E-state index contributed by atoms with van der Waals surface area (Å²) in [7, 11) is 0. The fourth-order valence-electron chi connectivity index (χ4n) is 3.99. The van der Waals surface area contributed by atoms with Gasteiger partial charge < -0.3 is 15.8 Å². The first-order valence-corrected chi connectivity index (χ1v) is 8.14. The molecule has 0 aromatic heterocycles. The largest absolute Gasteiger partial charge is 0.377 e. The second-order valence-electron chi connectivity index (χ2n) is 7.04. The van der Waals surface area contributed by atoms with E-state index in [0.717, 1.165) is 30.7 Å². The Morgan fingerprint density at radius 1 is 1.45 bits per heavy atom. The Balaban J connectivity index is 1.86. The molecule has 1 heterocycles. The number of hydrogen-bond acceptors (Lipinski definition) is 3. The number of anilines is 1. The quantitative estimate of drug-likeness (QED) is 0.879. The number of amides is 1. The number of nitrogens with one attached hydrogen (secondary N) is 1. The molecule has 2 fully saturated rings. The van der Waals surface area contributed by atoms with Crippen molar-refractivity contribution in [2.45, 2.75) is 45.3 Å². The van der Waals surface area contributed by atoms with Crippen molar-refractivity contribution in [2.75, 3.05) is 11.9 Å². The number of halogens is 1. The highest BCUT2D eigenvalue weighted by Crippen LogP contribution is 2.57. The Labute approximate surface area is 136 Å². The topological polar surface area (TPSA) is 64.4 Å². The molecule has 3 rings (SSSR count). The van der Waals surface area contributed by atoms with Gasteiger partial charge in [0.15, 0.2) is 0 Å². The molecule has 0 radical (unpaired) electrons. The summed E-state index contributed by atoms with van der Waals surface area (Å²) in [6.45, 7) is 6.73.